The molecule has 0 unspecified atom stereocenters. The normalized spacial score (nSPS) is 13.2. The molecule has 0 saturated heterocycles. The second-order valence-corrected chi connectivity index (χ2v) is 5.91. The maximum Gasteiger partial charge on any atom is 0.253 e. The first-order valence-corrected chi connectivity index (χ1v) is 7.97. The highest BCUT2D eigenvalue weighted by Crippen LogP contribution is 2.19. The van der Waals surface area contributed by atoms with E-state index in [-0.39, 0.29) is 11.8 Å². The van der Waals surface area contributed by atoms with E-state index < -0.39 is 0 Å². The van der Waals surface area contributed by atoms with Crippen LogP contribution in [-0.4, -0.2) is 22.8 Å². The molecule has 6 nitrogen and oxygen atoms in total. The Morgan fingerprint density at radius 3 is 2.46 bits per heavy atom. The minimum atomic E-state index is -0.0871. The number of anilines is 2. The molecule has 0 bridgehead atoms. The van der Waals surface area contributed by atoms with E-state index in [2.05, 4.69) is 20.9 Å². The summed E-state index contributed by atoms with van der Waals surface area (Å²) in [6.45, 7) is 2.09. The van der Waals surface area contributed by atoms with Gasteiger partial charge in [-0.05, 0) is 42.7 Å². The van der Waals surface area contributed by atoms with Gasteiger partial charge in [0.05, 0.1) is 5.56 Å². The molecule has 1 aromatic carbocycles. The molecule has 0 spiro atoms. The van der Waals surface area contributed by atoms with Crippen LogP contribution in [0.5, 0.6) is 0 Å². The average Bonchev–Trinajstić information content (AvgIpc) is 3.38. The third-order valence-electron chi connectivity index (χ3n) is 3.69. The van der Waals surface area contributed by atoms with Crippen molar-refractivity contribution in [2.24, 2.45) is 0 Å². The van der Waals surface area contributed by atoms with Crippen molar-refractivity contribution < 1.29 is 9.59 Å². The molecule has 6 heteroatoms. The predicted octanol–water partition coefficient (Wildman–Crippen LogP) is 2.54. The van der Waals surface area contributed by atoms with E-state index in [0.717, 1.165) is 24.1 Å². The minimum absolute atomic E-state index is 0.0647. The SMILES string of the molecule is CC(=O)Nc1ccc(CNc2ccc(C(=O)NC3CC3)cn2)cc1. The van der Waals surface area contributed by atoms with Crippen molar-refractivity contribution in [1.29, 1.82) is 0 Å². The molecule has 1 fully saturated rings. The molecule has 1 aromatic heterocycles. The number of carbonyl (C=O) groups excluding carboxylic acids is 2. The lowest BCUT2D eigenvalue weighted by molar-refractivity contribution is -0.114. The van der Waals surface area contributed by atoms with Gasteiger partial charge >= 0.3 is 0 Å². The number of nitrogens with one attached hydrogen (secondary N) is 3. The van der Waals surface area contributed by atoms with Gasteiger partial charge in [0, 0.05) is 31.4 Å². The molecule has 1 saturated carbocycles. The average molecular weight is 324 g/mol. The van der Waals surface area contributed by atoms with Crippen LogP contribution in [0.3, 0.4) is 0 Å². The molecule has 2 aromatic rings. The van der Waals surface area contributed by atoms with Crippen LogP contribution >= 0.6 is 0 Å². The molecule has 0 radical (unpaired) electrons. The summed E-state index contributed by atoms with van der Waals surface area (Å²) in [5.74, 6) is 0.560. The highest BCUT2D eigenvalue weighted by molar-refractivity contribution is 5.94. The van der Waals surface area contributed by atoms with Gasteiger partial charge in [0.2, 0.25) is 5.91 Å². The second-order valence-electron chi connectivity index (χ2n) is 5.91. The number of benzene rings is 1. The number of pyridine rings is 1. The van der Waals surface area contributed by atoms with Gasteiger partial charge in [-0.25, -0.2) is 4.98 Å². The topological polar surface area (TPSA) is 83.1 Å². The van der Waals surface area contributed by atoms with Crippen molar-refractivity contribution in [3.8, 4) is 0 Å². The first-order chi connectivity index (χ1) is 11.6. The van der Waals surface area contributed by atoms with Crippen molar-refractivity contribution in [2.75, 3.05) is 10.6 Å². The maximum atomic E-state index is 11.9. The van der Waals surface area contributed by atoms with E-state index in [1.807, 2.05) is 24.3 Å². The van der Waals surface area contributed by atoms with Crippen LogP contribution in [0.15, 0.2) is 42.6 Å². The van der Waals surface area contributed by atoms with Gasteiger partial charge in [-0.1, -0.05) is 12.1 Å². The largest absolute Gasteiger partial charge is 0.366 e. The lowest BCUT2D eigenvalue weighted by Gasteiger charge is -2.08. The molecule has 124 valence electrons. The van der Waals surface area contributed by atoms with Crippen molar-refractivity contribution in [3.63, 3.8) is 0 Å². The number of hydrogen-bond acceptors (Lipinski definition) is 4. The first-order valence-electron chi connectivity index (χ1n) is 7.97. The fraction of sp³-hybridized carbons (Fsp3) is 0.278. The number of rotatable bonds is 6. The zero-order valence-electron chi connectivity index (χ0n) is 13.5. The number of carbonyl (C=O) groups is 2. The first kappa shape index (κ1) is 16.0. The van der Waals surface area contributed by atoms with Crippen LogP contribution in [0.25, 0.3) is 0 Å². The molecule has 24 heavy (non-hydrogen) atoms. The Balaban J connectivity index is 1.52. The van der Waals surface area contributed by atoms with Gasteiger partial charge in [0.1, 0.15) is 5.82 Å². The monoisotopic (exact) mass is 324 g/mol. The highest BCUT2D eigenvalue weighted by Gasteiger charge is 2.23. The molecular formula is C18H20N4O2. The van der Waals surface area contributed by atoms with Crippen LogP contribution in [0.1, 0.15) is 35.7 Å². The molecule has 0 aliphatic heterocycles. The Bertz CT molecular complexity index is 722. The van der Waals surface area contributed by atoms with Gasteiger partial charge in [0.15, 0.2) is 0 Å². The van der Waals surface area contributed by atoms with E-state index in [1.54, 1.807) is 18.3 Å². The summed E-state index contributed by atoms with van der Waals surface area (Å²) in [6.07, 6.45) is 3.72. The van der Waals surface area contributed by atoms with Gasteiger partial charge in [-0.2, -0.15) is 0 Å². The van der Waals surface area contributed by atoms with Crippen molar-refractivity contribution >= 4 is 23.3 Å². The van der Waals surface area contributed by atoms with E-state index in [9.17, 15) is 9.59 Å². The summed E-state index contributed by atoms with van der Waals surface area (Å²) in [4.78, 5) is 27.1. The van der Waals surface area contributed by atoms with E-state index in [4.69, 9.17) is 0 Å². The molecule has 3 rings (SSSR count). The Labute approximate surface area is 140 Å². The fourth-order valence-corrected chi connectivity index (χ4v) is 2.23. The summed E-state index contributed by atoms with van der Waals surface area (Å²) in [5.41, 5.74) is 2.42. The molecular weight excluding hydrogens is 304 g/mol. The van der Waals surface area contributed by atoms with E-state index in [0.29, 0.717) is 24.0 Å². The summed E-state index contributed by atoms with van der Waals surface area (Å²) in [7, 11) is 0. The van der Waals surface area contributed by atoms with Gasteiger partial charge in [-0.3, -0.25) is 9.59 Å². The maximum absolute atomic E-state index is 11.9. The van der Waals surface area contributed by atoms with Crippen LogP contribution < -0.4 is 16.0 Å². The highest BCUT2D eigenvalue weighted by atomic mass is 16.2. The molecule has 1 aliphatic rings. The van der Waals surface area contributed by atoms with Crippen LogP contribution in [0, 0.1) is 0 Å². The van der Waals surface area contributed by atoms with E-state index >= 15 is 0 Å². The quantitative estimate of drug-likeness (QED) is 0.762. The molecule has 2 amide bonds. The lowest BCUT2D eigenvalue weighted by atomic mass is 10.2. The summed E-state index contributed by atoms with van der Waals surface area (Å²) in [6, 6.07) is 11.5. The summed E-state index contributed by atoms with van der Waals surface area (Å²) >= 11 is 0. The second kappa shape index (κ2) is 7.12. The number of hydrogen-bond donors (Lipinski definition) is 3. The third kappa shape index (κ3) is 4.55. The van der Waals surface area contributed by atoms with Crippen molar-refractivity contribution in [1.82, 2.24) is 10.3 Å². The number of amides is 2. The summed E-state index contributed by atoms with van der Waals surface area (Å²) < 4.78 is 0. The Morgan fingerprint density at radius 2 is 1.88 bits per heavy atom. The molecule has 1 heterocycles. The van der Waals surface area contributed by atoms with Crippen molar-refractivity contribution in [2.45, 2.75) is 32.4 Å². The molecule has 3 N–H and O–H groups in total. The van der Waals surface area contributed by atoms with Crippen LogP contribution in [0.4, 0.5) is 11.5 Å². The molecule has 1 aliphatic carbocycles. The van der Waals surface area contributed by atoms with Crippen LogP contribution in [0.2, 0.25) is 0 Å². The van der Waals surface area contributed by atoms with Gasteiger partial charge < -0.3 is 16.0 Å². The van der Waals surface area contributed by atoms with Gasteiger partial charge in [-0.15, -0.1) is 0 Å². The Kier molecular flexibility index (Phi) is 4.74. The zero-order chi connectivity index (χ0) is 16.9. The smallest absolute Gasteiger partial charge is 0.253 e. The Hall–Kier alpha value is -2.89. The third-order valence-corrected chi connectivity index (χ3v) is 3.69. The lowest BCUT2D eigenvalue weighted by Crippen LogP contribution is -2.25. The van der Waals surface area contributed by atoms with Crippen molar-refractivity contribution in [3.05, 3.63) is 53.7 Å². The Morgan fingerprint density at radius 1 is 1.12 bits per heavy atom. The predicted molar refractivity (Wildman–Crippen MR) is 92.8 cm³/mol. The fourth-order valence-electron chi connectivity index (χ4n) is 2.23. The van der Waals surface area contributed by atoms with E-state index in [1.165, 1.54) is 6.92 Å². The zero-order valence-corrected chi connectivity index (χ0v) is 13.5. The number of nitrogens with zero attached hydrogens (tertiary/aromatic N) is 1. The minimum Gasteiger partial charge on any atom is -0.366 e. The standard InChI is InChI=1S/C18H20N4O2/c1-12(23)21-15-5-2-13(3-6-15)10-19-17-9-4-14(11-20-17)18(24)22-16-7-8-16/h2-6,9,11,16H,7-8,10H2,1H3,(H,19,20)(H,21,23)(H,22,24). The van der Waals surface area contributed by atoms with Crippen LogP contribution in [-0.2, 0) is 11.3 Å². The molecule has 0 atom stereocenters. The van der Waals surface area contributed by atoms with Gasteiger partial charge in [0.25, 0.3) is 5.91 Å². The number of aromatic nitrogens is 1. The summed E-state index contributed by atoms with van der Waals surface area (Å²) in [5, 5.41) is 8.88.